The van der Waals surface area contributed by atoms with Crippen molar-refractivity contribution in [2.45, 2.75) is 39.8 Å². The van der Waals surface area contributed by atoms with Crippen LogP contribution in [0.15, 0.2) is 24.3 Å². The average Bonchev–Trinajstić information content (AvgIpc) is 2.43. The Morgan fingerprint density at radius 2 is 1.76 bits per heavy atom. The summed E-state index contributed by atoms with van der Waals surface area (Å²) in [5.41, 5.74) is 0.395. The van der Waals surface area contributed by atoms with E-state index >= 15 is 0 Å². The summed E-state index contributed by atoms with van der Waals surface area (Å²) in [6, 6.07) is 6.82. The molecular formula is C16H23NO4. The van der Waals surface area contributed by atoms with E-state index in [4.69, 9.17) is 4.74 Å². The minimum atomic E-state index is -0.433. The van der Waals surface area contributed by atoms with Gasteiger partial charge in [-0.05, 0) is 45.9 Å². The predicted octanol–water partition coefficient (Wildman–Crippen LogP) is 2.50. The number of nitrogens with zero attached hydrogens (tertiary/aromatic N) is 1. The Hall–Kier alpha value is -2.04. The molecule has 0 bridgehead atoms. The molecule has 116 valence electrons. The summed E-state index contributed by atoms with van der Waals surface area (Å²) in [5, 5.41) is 0. The molecule has 0 radical (unpaired) electrons. The van der Waals surface area contributed by atoms with Gasteiger partial charge in [0.15, 0.2) is 6.61 Å². The van der Waals surface area contributed by atoms with Crippen LogP contribution in [-0.2, 0) is 9.53 Å². The SMILES string of the molecule is COC(=O)c1cccc(OCC(=O)N(C(C)C)C(C)C)c1. The summed E-state index contributed by atoms with van der Waals surface area (Å²) in [5.74, 6) is -0.0417. The highest BCUT2D eigenvalue weighted by Crippen LogP contribution is 2.15. The minimum absolute atomic E-state index is 0.0546. The first-order chi connectivity index (χ1) is 9.86. The molecule has 0 aliphatic heterocycles. The monoisotopic (exact) mass is 293 g/mol. The lowest BCUT2D eigenvalue weighted by Crippen LogP contribution is -2.44. The number of esters is 1. The number of rotatable bonds is 6. The first-order valence-corrected chi connectivity index (χ1v) is 6.99. The van der Waals surface area contributed by atoms with E-state index in [1.165, 1.54) is 7.11 Å². The van der Waals surface area contributed by atoms with Crippen molar-refractivity contribution in [1.29, 1.82) is 0 Å². The van der Waals surface area contributed by atoms with E-state index < -0.39 is 5.97 Å². The third-order valence-corrected chi connectivity index (χ3v) is 3.02. The van der Waals surface area contributed by atoms with E-state index in [9.17, 15) is 9.59 Å². The fraction of sp³-hybridized carbons (Fsp3) is 0.500. The summed E-state index contributed by atoms with van der Waals surface area (Å²) in [6.45, 7) is 7.82. The standard InChI is InChI=1S/C16H23NO4/c1-11(2)17(12(3)4)15(18)10-21-14-8-6-7-13(9-14)16(19)20-5/h6-9,11-12H,10H2,1-5H3. The molecule has 0 aromatic heterocycles. The summed E-state index contributed by atoms with van der Waals surface area (Å²) < 4.78 is 10.1. The van der Waals surface area contributed by atoms with Crippen molar-refractivity contribution in [3.05, 3.63) is 29.8 Å². The number of amides is 1. The number of ether oxygens (including phenoxy) is 2. The zero-order valence-corrected chi connectivity index (χ0v) is 13.3. The second-order valence-electron chi connectivity index (χ2n) is 5.30. The van der Waals surface area contributed by atoms with E-state index in [1.54, 1.807) is 29.2 Å². The normalized spacial score (nSPS) is 10.6. The fourth-order valence-electron chi connectivity index (χ4n) is 2.22. The van der Waals surface area contributed by atoms with Gasteiger partial charge in [-0.2, -0.15) is 0 Å². The topological polar surface area (TPSA) is 55.8 Å². The van der Waals surface area contributed by atoms with E-state index in [0.29, 0.717) is 11.3 Å². The number of benzene rings is 1. The van der Waals surface area contributed by atoms with Gasteiger partial charge in [0.1, 0.15) is 5.75 Å². The molecule has 0 aliphatic carbocycles. The van der Waals surface area contributed by atoms with Crippen molar-refractivity contribution < 1.29 is 19.1 Å². The molecule has 0 aliphatic rings. The zero-order chi connectivity index (χ0) is 16.0. The molecule has 1 rings (SSSR count). The second-order valence-corrected chi connectivity index (χ2v) is 5.30. The predicted molar refractivity (Wildman–Crippen MR) is 80.4 cm³/mol. The lowest BCUT2D eigenvalue weighted by Gasteiger charge is -2.30. The minimum Gasteiger partial charge on any atom is -0.484 e. The van der Waals surface area contributed by atoms with Crippen LogP contribution in [0, 0.1) is 0 Å². The molecule has 5 nitrogen and oxygen atoms in total. The van der Waals surface area contributed by atoms with Crippen LogP contribution in [0.2, 0.25) is 0 Å². The molecule has 0 saturated carbocycles. The first-order valence-electron chi connectivity index (χ1n) is 6.99. The van der Waals surface area contributed by atoms with E-state index in [2.05, 4.69) is 4.74 Å². The Bertz CT molecular complexity index is 489. The van der Waals surface area contributed by atoms with Gasteiger partial charge < -0.3 is 14.4 Å². The van der Waals surface area contributed by atoms with Crippen molar-refractivity contribution in [2.75, 3.05) is 13.7 Å². The summed E-state index contributed by atoms with van der Waals surface area (Å²) >= 11 is 0. The third kappa shape index (κ3) is 4.77. The van der Waals surface area contributed by atoms with Crippen LogP contribution in [0.1, 0.15) is 38.1 Å². The molecule has 1 aromatic carbocycles. The molecule has 5 heteroatoms. The summed E-state index contributed by atoms with van der Waals surface area (Å²) in [7, 11) is 1.32. The van der Waals surface area contributed by atoms with Crippen LogP contribution >= 0.6 is 0 Å². The molecule has 0 fully saturated rings. The van der Waals surface area contributed by atoms with Crippen molar-refractivity contribution in [3.63, 3.8) is 0 Å². The lowest BCUT2D eigenvalue weighted by molar-refractivity contribution is -0.136. The highest BCUT2D eigenvalue weighted by atomic mass is 16.5. The smallest absolute Gasteiger partial charge is 0.337 e. The van der Waals surface area contributed by atoms with E-state index in [1.807, 2.05) is 27.7 Å². The van der Waals surface area contributed by atoms with Crippen LogP contribution in [0.3, 0.4) is 0 Å². The number of hydrogen-bond acceptors (Lipinski definition) is 4. The van der Waals surface area contributed by atoms with Crippen LogP contribution in [0.5, 0.6) is 5.75 Å². The van der Waals surface area contributed by atoms with E-state index in [-0.39, 0.29) is 24.6 Å². The Morgan fingerprint density at radius 3 is 2.29 bits per heavy atom. The zero-order valence-electron chi connectivity index (χ0n) is 13.3. The Labute approximate surface area is 125 Å². The Morgan fingerprint density at radius 1 is 1.14 bits per heavy atom. The maximum Gasteiger partial charge on any atom is 0.337 e. The maximum atomic E-state index is 12.2. The molecule has 0 unspecified atom stereocenters. The summed E-state index contributed by atoms with van der Waals surface area (Å²) in [4.78, 5) is 25.4. The molecule has 1 amide bonds. The van der Waals surface area contributed by atoms with Crippen LogP contribution in [0.25, 0.3) is 0 Å². The molecule has 21 heavy (non-hydrogen) atoms. The van der Waals surface area contributed by atoms with Crippen LogP contribution in [-0.4, -0.2) is 42.6 Å². The Kier molecular flexibility index (Phi) is 6.21. The molecule has 0 atom stereocenters. The number of carbonyl (C=O) groups excluding carboxylic acids is 2. The first kappa shape index (κ1) is 17.0. The van der Waals surface area contributed by atoms with Gasteiger partial charge in [-0.3, -0.25) is 4.79 Å². The second kappa shape index (κ2) is 7.67. The van der Waals surface area contributed by atoms with Gasteiger partial charge in [-0.25, -0.2) is 4.79 Å². The van der Waals surface area contributed by atoms with Crippen LogP contribution < -0.4 is 4.74 Å². The highest BCUT2D eigenvalue weighted by Gasteiger charge is 2.20. The van der Waals surface area contributed by atoms with Gasteiger partial charge in [0.2, 0.25) is 0 Å². The van der Waals surface area contributed by atoms with Gasteiger partial charge in [-0.15, -0.1) is 0 Å². The third-order valence-electron chi connectivity index (χ3n) is 3.02. The average molecular weight is 293 g/mol. The van der Waals surface area contributed by atoms with Crippen LogP contribution in [0.4, 0.5) is 0 Å². The maximum absolute atomic E-state index is 12.2. The highest BCUT2D eigenvalue weighted by molar-refractivity contribution is 5.89. The molecule has 0 heterocycles. The van der Waals surface area contributed by atoms with Gasteiger partial charge in [0, 0.05) is 12.1 Å². The lowest BCUT2D eigenvalue weighted by atomic mass is 10.2. The summed E-state index contributed by atoms with van der Waals surface area (Å²) in [6.07, 6.45) is 0. The van der Waals surface area contributed by atoms with E-state index in [0.717, 1.165) is 0 Å². The largest absolute Gasteiger partial charge is 0.484 e. The van der Waals surface area contributed by atoms with Gasteiger partial charge in [-0.1, -0.05) is 6.07 Å². The van der Waals surface area contributed by atoms with Crippen molar-refractivity contribution >= 4 is 11.9 Å². The van der Waals surface area contributed by atoms with Crippen molar-refractivity contribution in [2.24, 2.45) is 0 Å². The number of methoxy groups -OCH3 is 1. The Balaban J connectivity index is 2.70. The number of hydrogen-bond donors (Lipinski definition) is 0. The van der Waals surface area contributed by atoms with Gasteiger partial charge in [0.25, 0.3) is 5.91 Å². The van der Waals surface area contributed by atoms with Crippen molar-refractivity contribution in [3.8, 4) is 5.75 Å². The van der Waals surface area contributed by atoms with Gasteiger partial charge in [0.05, 0.1) is 12.7 Å². The van der Waals surface area contributed by atoms with Crippen molar-refractivity contribution in [1.82, 2.24) is 4.90 Å². The molecule has 0 spiro atoms. The quantitative estimate of drug-likeness (QED) is 0.756. The van der Waals surface area contributed by atoms with Gasteiger partial charge >= 0.3 is 5.97 Å². The fourth-order valence-corrected chi connectivity index (χ4v) is 2.22. The molecule has 0 N–H and O–H groups in total. The number of carbonyl (C=O) groups is 2. The molecule has 0 saturated heterocycles. The molecule has 1 aromatic rings. The molecular weight excluding hydrogens is 270 g/mol.